The van der Waals surface area contributed by atoms with Gasteiger partial charge < -0.3 is 15.1 Å². The molecule has 4 rings (SSSR count). The van der Waals surface area contributed by atoms with Crippen LogP contribution in [0.5, 0.6) is 0 Å². The van der Waals surface area contributed by atoms with Gasteiger partial charge in [0, 0.05) is 43.3 Å². The minimum absolute atomic E-state index is 0.151. The first-order valence-corrected chi connectivity index (χ1v) is 9.89. The Morgan fingerprint density at radius 1 is 1.13 bits per heavy atom. The summed E-state index contributed by atoms with van der Waals surface area (Å²) in [5.74, 6) is -0.478. The normalized spacial score (nSPS) is 14.7. The molecular weight excluding hydrogens is 406 g/mol. The van der Waals surface area contributed by atoms with Crippen molar-refractivity contribution in [3.05, 3.63) is 69.4 Å². The molecule has 0 atom stereocenters. The lowest BCUT2D eigenvalue weighted by Gasteiger charge is -2.34. The summed E-state index contributed by atoms with van der Waals surface area (Å²) in [6, 6.07) is 13.4. The average Bonchev–Trinajstić information content (AvgIpc) is 2.73. The van der Waals surface area contributed by atoms with Crippen LogP contribution in [0.1, 0.15) is 10.4 Å². The fourth-order valence-corrected chi connectivity index (χ4v) is 3.77. The summed E-state index contributed by atoms with van der Waals surface area (Å²) < 4.78 is 0. The van der Waals surface area contributed by atoms with Gasteiger partial charge in [-0.15, -0.1) is 0 Å². The molecule has 3 aromatic rings. The Morgan fingerprint density at radius 2 is 1.87 bits per heavy atom. The number of pyridine rings is 1. The number of likely N-dealkylation sites (N-methyl/N-ethyl adjacent to an activating group) is 1. The number of amides is 1. The summed E-state index contributed by atoms with van der Waals surface area (Å²) in [7, 11) is 2.06. The van der Waals surface area contributed by atoms with Crippen molar-refractivity contribution in [2.45, 2.75) is 0 Å². The van der Waals surface area contributed by atoms with Gasteiger partial charge in [-0.25, -0.2) is 4.98 Å². The second kappa shape index (κ2) is 8.25. The molecule has 1 N–H and O–H groups in total. The highest BCUT2D eigenvalue weighted by atomic mass is 35.5. The smallest absolute Gasteiger partial charge is 0.292 e. The van der Waals surface area contributed by atoms with Crippen molar-refractivity contribution in [2.24, 2.45) is 0 Å². The predicted octanol–water partition coefficient (Wildman–Crippen LogP) is 3.80. The molecule has 8 nitrogen and oxygen atoms in total. The number of anilines is 2. The van der Waals surface area contributed by atoms with Crippen LogP contribution in [0.25, 0.3) is 10.9 Å². The SMILES string of the molecule is CN1CCN(c2ccc([N+](=O)[O-])c(NC(=O)c3cc(Cl)nc4ccccc34)c2)CC1. The first-order chi connectivity index (χ1) is 14.4. The molecule has 0 radical (unpaired) electrons. The molecule has 0 bridgehead atoms. The molecule has 1 aromatic heterocycles. The number of nitrogens with zero attached hydrogens (tertiary/aromatic N) is 4. The van der Waals surface area contributed by atoms with Crippen molar-refractivity contribution >= 4 is 45.5 Å². The van der Waals surface area contributed by atoms with Crippen LogP contribution in [-0.2, 0) is 0 Å². The number of rotatable bonds is 4. The van der Waals surface area contributed by atoms with E-state index in [0.29, 0.717) is 16.5 Å². The van der Waals surface area contributed by atoms with Crippen LogP contribution in [0.3, 0.4) is 0 Å². The highest BCUT2D eigenvalue weighted by Gasteiger charge is 2.22. The van der Waals surface area contributed by atoms with Crippen LogP contribution in [0.4, 0.5) is 17.1 Å². The molecule has 2 aromatic carbocycles. The Balaban J connectivity index is 1.69. The summed E-state index contributed by atoms with van der Waals surface area (Å²) in [5, 5.41) is 15.1. The van der Waals surface area contributed by atoms with Crippen LogP contribution in [-0.4, -0.2) is 53.9 Å². The number of nitro groups is 1. The van der Waals surface area contributed by atoms with Crippen LogP contribution in [0.15, 0.2) is 48.5 Å². The highest BCUT2D eigenvalue weighted by molar-refractivity contribution is 6.30. The molecule has 0 saturated carbocycles. The predicted molar refractivity (Wildman–Crippen MR) is 118 cm³/mol. The van der Waals surface area contributed by atoms with E-state index in [0.717, 1.165) is 31.9 Å². The minimum atomic E-state index is -0.499. The van der Waals surface area contributed by atoms with Crippen molar-refractivity contribution in [1.29, 1.82) is 0 Å². The molecule has 1 amide bonds. The summed E-state index contributed by atoms with van der Waals surface area (Å²) in [6.45, 7) is 3.43. The maximum absolute atomic E-state index is 13.0. The molecule has 1 aliphatic heterocycles. The molecule has 0 unspecified atom stereocenters. The number of fused-ring (bicyclic) bond motifs is 1. The van der Waals surface area contributed by atoms with E-state index < -0.39 is 10.8 Å². The zero-order valence-electron chi connectivity index (χ0n) is 16.3. The molecule has 30 heavy (non-hydrogen) atoms. The number of piperazine rings is 1. The van der Waals surface area contributed by atoms with Gasteiger partial charge in [0.05, 0.1) is 16.0 Å². The zero-order chi connectivity index (χ0) is 21.3. The Morgan fingerprint density at radius 3 is 2.60 bits per heavy atom. The third kappa shape index (κ3) is 4.05. The monoisotopic (exact) mass is 425 g/mol. The number of hydrogen-bond donors (Lipinski definition) is 1. The minimum Gasteiger partial charge on any atom is -0.369 e. The second-order valence-electron chi connectivity index (χ2n) is 7.21. The number of aromatic nitrogens is 1. The number of nitro benzene ring substituents is 1. The Labute approximate surface area is 178 Å². The van der Waals surface area contributed by atoms with E-state index in [1.54, 1.807) is 36.4 Å². The largest absolute Gasteiger partial charge is 0.369 e. The molecule has 0 aliphatic carbocycles. The van der Waals surface area contributed by atoms with Crippen LogP contribution in [0.2, 0.25) is 5.15 Å². The number of para-hydroxylation sites is 1. The van der Waals surface area contributed by atoms with Gasteiger partial charge in [0.15, 0.2) is 0 Å². The van der Waals surface area contributed by atoms with Crippen LogP contribution in [0, 0.1) is 10.1 Å². The van der Waals surface area contributed by atoms with Crippen LogP contribution < -0.4 is 10.2 Å². The first kappa shape index (κ1) is 20.1. The van der Waals surface area contributed by atoms with Gasteiger partial charge in [-0.1, -0.05) is 29.8 Å². The lowest BCUT2D eigenvalue weighted by molar-refractivity contribution is -0.383. The second-order valence-corrected chi connectivity index (χ2v) is 7.60. The number of carbonyl (C=O) groups is 1. The third-order valence-electron chi connectivity index (χ3n) is 5.22. The molecule has 1 fully saturated rings. The Bertz CT molecular complexity index is 1130. The standard InChI is InChI=1S/C21H20ClN5O3/c1-25-8-10-26(11-9-25)14-6-7-19(27(29)30)18(12-14)24-21(28)16-13-20(22)23-17-5-3-2-4-15(16)17/h2-7,12-13H,8-11H2,1H3,(H,24,28). The lowest BCUT2D eigenvalue weighted by Crippen LogP contribution is -2.44. The summed E-state index contributed by atoms with van der Waals surface area (Å²) in [4.78, 5) is 32.7. The molecule has 1 aliphatic rings. The summed E-state index contributed by atoms with van der Waals surface area (Å²) in [6.07, 6.45) is 0. The van der Waals surface area contributed by atoms with E-state index in [1.165, 1.54) is 12.1 Å². The maximum Gasteiger partial charge on any atom is 0.292 e. The van der Waals surface area contributed by atoms with E-state index in [-0.39, 0.29) is 16.5 Å². The Kier molecular flexibility index (Phi) is 5.52. The van der Waals surface area contributed by atoms with Gasteiger partial charge >= 0.3 is 0 Å². The number of nitrogens with one attached hydrogen (secondary N) is 1. The Hall–Kier alpha value is -3.23. The topological polar surface area (TPSA) is 91.6 Å². The van der Waals surface area contributed by atoms with Crippen molar-refractivity contribution in [3.8, 4) is 0 Å². The van der Waals surface area contributed by atoms with E-state index in [9.17, 15) is 14.9 Å². The van der Waals surface area contributed by atoms with Gasteiger partial charge in [0.25, 0.3) is 11.6 Å². The quantitative estimate of drug-likeness (QED) is 0.388. The summed E-state index contributed by atoms with van der Waals surface area (Å²) >= 11 is 6.08. The number of carbonyl (C=O) groups excluding carboxylic acids is 1. The van der Waals surface area contributed by atoms with Gasteiger partial charge in [-0.3, -0.25) is 14.9 Å². The lowest BCUT2D eigenvalue weighted by atomic mass is 10.1. The molecule has 2 heterocycles. The van der Waals surface area contributed by atoms with Gasteiger partial charge in [0.2, 0.25) is 0 Å². The molecule has 1 saturated heterocycles. The number of hydrogen-bond acceptors (Lipinski definition) is 6. The fraction of sp³-hybridized carbons (Fsp3) is 0.238. The molecular formula is C21H20ClN5O3. The van der Waals surface area contributed by atoms with Gasteiger partial charge in [-0.05, 0) is 31.3 Å². The first-order valence-electron chi connectivity index (χ1n) is 9.51. The van der Waals surface area contributed by atoms with Gasteiger partial charge in [-0.2, -0.15) is 0 Å². The van der Waals surface area contributed by atoms with Gasteiger partial charge in [0.1, 0.15) is 10.8 Å². The fourth-order valence-electron chi connectivity index (χ4n) is 3.57. The van der Waals surface area contributed by atoms with E-state index in [1.807, 2.05) is 0 Å². The van der Waals surface area contributed by atoms with E-state index >= 15 is 0 Å². The van der Waals surface area contributed by atoms with E-state index in [4.69, 9.17) is 11.6 Å². The zero-order valence-corrected chi connectivity index (χ0v) is 17.1. The maximum atomic E-state index is 13.0. The van der Waals surface area contributed by atoms with Crippen molar-refractivity contribution in [1.82, 2.24) is 9.88 Å². The number of halogens is 1. The molecule has 0 spiro atoms. The third-order valence-corrected chi connectivity index (χ3v) is 5.42. The van der Waals surface area contributed by atoms with Crippen LogP contribution >= 0.6 is 11.6 Å². The molecule has 154 valence electrons. The molecule has 9 heteroatoms. The van der Waals surface area contributed by atoms with Crippen molar-refractivity contribution in [2.75, 3.05) is 43.4 Å². The van der Waals surface area contributed by atoms with E-state index in [2.05, 4.69) is 27.1 Å². The number of benzene rings is 2. The van der Waals surface area contributed by atoms with Crippen molar-refractivity contribution in [3.63, 3.8) is 0 Å². The average molecular weight is 426 g/mol. The highest BCUT2D eigenvalue weighted by Crippen LogP contribution is 2.31. The van der Waals surface area contributed by atoms with Crippen molar-refractivity contribution < 1.29 is 9.72 Å². The summed E-state index contributed by atoms with van der Waals surface area (Å²) in [5.41, 5.74) is 1.71.